The van der Waals surface area contributed by atoms with Gasteiger partial charge >= 0.3 is 0 Å². The molecule has 0 saturated heterocycles. The lowest BCUT2D eigenvalue weighted by Gasteiger charge is -2.15. The standard InChI is InChI=1S/C14H11Cl2F2NO/c15-10-5-8(17)6-11(16)14(10)19-7-13(20)9-3-1-2-4-12(9)18/h1-6,13,19-20H,7H2. The van der Waals surface area contributed by atoms with E-state index in [0.29, 0.717) is 5.69 Å². The Hall–Kier alpha value is -1.36. The molecule has 20 heavy (non-hydrogen) atoms. The zero-order chi connectivity index (χ0) is 14.7. The summed E-state index contributed by atoms with van der Waals surface area (Å²) in [7, 11) is 0. The summed E-state index contributed by atoms with van der Waals surface area (Å²) in [6.45, 7) is -0.00793. The van der Waals surface area contributed by atoms with Gasteiger partial charge in [0, 0.05) is 12.1 Å². The summed E-state index contributed by atoms with van der Waals surface area (Å²) >= 11 is 11.7. The van der Waals surface area contributed by atoms with Gasteiger partial charge in [-0.2, -0.15) is 0 Å². The molecule has 0 aliphatic heterocycles. The van der Waals surface area contributed by atoms with E-state index in [1.807, 2.05) is 0 Å². The summed E-state index contributed by atoms with van der Waals surface area (Å²) in [5, 5.41) is 12.9. The lowest BCUT2D eigenvalue weighted by Crippen LogP contribution is -2.14. The van der Waals surface area contributed by atoms with Crippen LogP contribution in [0, 0.1) is 11.6 Å². The van der Waals surface area contributed by atoms with Crippen molar-refractivity contribution in [2.75, 3.05) is 11.9 Å². The third-order valence-corrected chi connectivity index (χ3v) is 3.34. The SMILES string of the molecule is OC(CNc1c(Cl)cc(F)cc1Cl)c1ccccc1F. The minimum absolute atomic E-state index is 0.00793. The van der Waals surface area contributed by atoms with Crippen LogP contribution >= 0.6 is 23.2 Å². The third kappa shape index (κ3) is 3.39. The highest BCUT2D eigenvalue weighted by atomic mass is 35.5. The number of aliphatic hydroxyl groups excluding tert-OH is 1. The minimum atomic E-state index is -1.08. The highest BCUT2D eigenvalue weighted by Gasteiger charge is 2.14. The van der Waals surface area contributed by atoms with Crippen LogP contribution in [0.4, 0.5) is 14.5 Å². The van der Waals surface area contributed by atoms with Crippen LogP contribution in [0.1, 0.15) is 11.7 Å². The van der Waals surface area contributed by atoms with Gasteiger partial charge in [0.15, 0.2) is 0 Å². The fourth-order valence-electron chi connectivity index (χ4n) is 1.77. The molecule has 0 aliphatic carbocycles. The quantitative estimate of drug-likeness (QED) is 0.875. The van der Waals surface area contributed by atoms with E-state index in [1.54, 1.807) is 6.07 Å². The number of halogens is 4. The molecule has 0 spiro atoms. The molecule has 0 aromatic heterocycles. The lowest BCUT2D eigenvalue weighted by atomic mass is 10.1. The highest BCUT2D eigenvalue weighted by Crippen LogP contribution is 2.32. The molecular formula is C14H11Cl2F2NO. The second kappa shape index (κ2) is 6.39. The van der Waals surface area contributed by atoms with Gasteiger partial charge in [-0.15, -0.1) is 0 Å². The first-order valence-corrected chi connectivity index (χ1v) is 6.55. The van der Waals surface area contributed by atoms with Crippen LogP contribution in [0.5, 0.6) is 0 Å². The molecule has 1 unspecified atom stereocenters. The van der Waals surface area contributed by atoms with Crippen molar-refractivity contribution in [3.63, 3.8) is 0 Å². The van der Waals surface area contributed by atoms with Gasteiger partial charge in [-0.25, -0.2) is 8.78 Å². The summed E-state index contributed by atoms with van der Waals surface area (Å²) in [6.07, 6.45) is -1.08. The summed E-state index contributed by atoms with van der Waals surface area (Å²) < 4.78 is 26.5. The zero-order valence-corrected chi connectivity index (χ0v) is 11.7. The number of aliphatic hydroxyl groups is 1. The maximum atomic E-state index is 13.5. The van der Waals surface area contributed by atoms with E-state index in [2.05, 4.69) is 5.32 Å². The molecule has 2 aromatic rings. The van der Waals surface area contributed by atoms with Gasteiger partial charge in [0.2, 0.25) is 0 Å². The molecule has 0 saturated carbocycles. The summed E-state index contributed by atoms with van der Waals surface area (Å²) in [4.78, 5) is 0. The van der Waals surface area contributed by atoms with Crippen LogP contribution in [0.3, 0.4) is 0 Å². The van der Waals surface area contributed by atoms with Gasteiger partial charge in [0.1, 0.15) is 11.6 Å². The van der Waals surface area contributed by atoms with Crippen molar-refractivity contribution in [1.82, 2.24) is 0 Å². The van der Waals surface area contributed by atoms with Crippen molar-refractivity contribution >= 4 is 28.9 Å². The predicted octanol–water partition coefficient (Wildman–Crippen LogP) is 4.42. The predicted molar refractivity (Wildman–Crippen MR) is 76.3 cm³/mol. The van der Waals surface area contributed by atoms with Crippen LogP contribution in [0.25, 0.3) is 0 Å². The Morgan fingerprint density at radius 2 is 1.70 bits per heavy atom. The molecule has 2 N–H and O–H groups in total. The van der Waals surface area contributed by atoms with Crippen molar-refractivity contribution in [3.05, 3.63) is 63.6 Å². The van der Waals surface area contributed by atoms with E-state index in [9.17, 15) is 13.9 Å². The summed E-state index contributed by atoms with van der Waals surface area (Å²) in [5.74, 6) is -1.06. The van der Waals surface area contributed by atoms with Gasteiger partial charge in [0.25, 0.3) is 0 Å². The molecule has 2 aromatic carbocycles. The van der Waals surface area contributed by atoms with E-state index in [-0.39, 0.29) is 22.2 Å². The molecule has 6 heteroatoms. The molecule has 1 atom stereocenters. The van der Waals surface area contributed by atoms with E-state index in [4.69, 9.17) is 23.2 Å². The molecule has 106 valence electrons. The number of hydrogen-bond acceptors (Lipinski definition) is 2. The maximum Gasteiger partial charge on any atom is 0.129 e. The lowest BCUT2D eigenvalue weighted by molar-refractivity contribution is 0.186. The van der Waals surface area contributed by atoms with E-state index < -0.39 is 17.7 Å². The molecule has 0 fully saturated rings. The van der Waals surface area contributed by atoms with Crippen molar-refractivity contribution < 1.29 is 13.9 Å². The number of benzene rings is 2. The summed E-state index contributed by atoms with van der Waals surface area (Å²) in [5.41, 5.74) is 0.458. The number of nitrogens with one attached hydrogen (secondary N) is 1. The maximum absolute atomic E-state index is 13.5. The van der Waals surface area contributed by atoms with Crippen LogP contribution in [0.15, 0.2) is 36.4 Å². The van der Waals surface area contributed by atoms with Crippen LogP contribution in [-0.4, -0.2) is 11.7 Å². The Labute approximate surface area is 125 Å². The van der Waals surface area contributed by atoms with E-state index >= 15 is 0 Å². The largest absolute Gasteiger partial charge is 0.386 e. The van der Waals surface area contributed by atoms with E-state index in [1.165, 1.54) is 18.2 Å². The van der Waals surface area contributed by atoms with Gasteiger partial charge in [-0.05, 0) is 18.2 Å². The van der Waals surface area contributed by atoms with Crippen molar-refractivity contribution in [2.45, 2.75) is 6.10 Å². The molecule has 0 bridgehead atoms. The van der Waals surface area contributed by atoms with Gasteiger partial charge in [-0.1, -0.05) is 41.4 Å². The smallest absolute Gasteiger partial charge is 0.129 e. The molecule has 0 amide bonds. The van der Waals surface area contributed by atoms with E-state index in [0.717, 1.165) is 12.1 Å². The zero-order valence-electron chi connectivity index (χ0n) is 10.2. The first-order valence-electron chi connectivity index (χ1n) is 5.80. The van der Waals surface area contributed by atoms with Gasteiger partial charge in [-0.3, -0.25) is 0 Å². The van der Waals surface area contributed by atoms with Gasteiger partial charge < -0.3 is 10.4 Å². The second-order valence-corrected chi connectivity index (χ2v) is 4.98. The first kappa shape index (κ1) is 15.0. The second-order valence-electron chi connectivity index (χ2n) is 4.16. The Balaban J connectivity index is 2.12. The summed E-state index contributed by atoms with van der Waals surface area (Å²) in [6, 6.07) is 8.11. The number of anilines is 1. The average Bonchev–Trinajstić information content (AvgIpc) is 2.37. The fourth-order valence-corrected chi connectivity index (χ4v) is 2.36. The Morgan fingerprint density at radius 3 is 2.30 bits per heavy atom. The fraction of sp³-hybridized carbons (Fsp3) is 0.143. The highest BCUT2D eigenvalue weighted by molar-refractivity contribution is 6.39. The van der Waals surface area contributed by atoms with Crippen LogP contribution in [-0.2, 0) is 0 Å². The average molecular weight is 318 g/mol. The number of hydrogen-bond donors (Lipinski definition) is 2. The molecule has 2 rings (SSSR count). The van der Waals surface area contributed by atoms with Gasteiger partial charge in [0.05, 0.1) is 21.8 Å². The van der Waals surface area contributed by atoms with Crippen LogP contribution < -0.4 is 5.32 Å². The normalized spacial score (nSPS) is 12.2. The number of rotatable bonds is 4. The topological polar surface area (TPSA) is 32.3 Å². The monoisotopic (exact) mass is 317 g/mol. The van der Waals surface area contributed by atoms with Crippen LogP contribution in [0.2, 0.25) is 10.0 Å². The molecular weight excluding hydrogens is 307 g/mol. The molecule has 0 aliphatic rings. The van der Waals surface area contributed by atoms with Crippen molar-refractivity contribution in [2.24, 2.45) is 0 Å². The first-order chi connectivity index (χ1) is 9.49. The molecule has 2 nitrogen and oxygen atoms in total. The Morgan fingerprint density at radius 1 is 1.10 bits per heavy atom. The Kier molecular flexibility index (Phi) is 4.81. The third-order valence-electron chi connectivity index (χ3n) is 2.74. The Bertz CT molecular complexity index is 599. The van der Waals surface area contributed by atoms with Crippen molar-refractivity contribution in [3.8, 4) is 0 Å². The minimum Gasteiger partial charge on any atom is -0.386 e. The molecule has 0 radical (unpaired) electrons. The molecule has 0 heterocycles. The van der Waals surface area contributed by atoms with Crippen molar-refractivity contribution in [1.29, 1.82) is 0 Å².